The molecule has 0 aliphatic heterocycles. The topological polar surface area (TPSA) is 63.3 Å². The summed E-state index contributed by atoms with van der Waals surface area (Å²) in [6.45, 7) is 8.62. The summed E-state index contributed by atoms with van der Waals surface area (Å²) < 4.78 is 1.90. The second-order valence-electron chi connectivity index (χ2n) is 4.81. The van der Waals surface area contributed by atoms with Crippen LogP contribution in [-0.4, -0.2) is 42.1 Å². The Morgan fingerprint density at radius 3 is 2.78 bits per heavy atom. The molecule has 5 heteroatoms. The van der Waals surface area contributed by atoms with Crippen LogP contribution in [0.1, 0.15) is 37.3 Å². The molecule has 1 rings (SSSR count). The number of hydrogen-bond donors (Lipinski definition) is 2. The zero-order valence-corrected chi connectivity index (χ0v) is 11.7. The van der Waals surface area contributed by atoms with Crippen LogP contribution in [0.5, 0.6) is 0 Å². The van der Waals surface area contributed by atoms with Crippen LogP contribution >= 0.6 is 0 Å². The van der Waals surface area contributed by atoms with Gasteiger partial charge in [0, 0.05) is 25.3 Å². The highest BCUT2D eigenvalue weighted by Crippen LogP contribution is 2.16. The molecule has 0 saturated carbocycles. The molecule has 3 N–H and O–H groups in total. The van der Waals surface area contributed by atoms with E-state index in [1.54, 1.807) is 12.3 Å². The standard InChI is InChI=1S/C13H24N4O/c1-5-16(4)7-6-15-13(18)12-8-11(14)9-17(12)10(2)3/h8-10H,5-7,14H2,1-4H3,(H,15,18). The van der Waals surface area contributed by atoms with Crippen molar-refractivity contribution >= 4 is 11.6 Å². The van der Waals surface area contributed by atoms with Crippen LogP contribution in [0, 0.1) is 0 Å². The lowest BCUT2D eigenvalue weighted by atomic mass is 10.3. The fraction of sp³-hybridized carbons (Fsp3) is 0.615. The Bertz CT molecular complexity index is 398. The molecule has 102 valence electrons. The molecule has 0 radical (unpaired) electrons. The van der Waals surface area contributed by atoms with E-state index in [9.17, 15) is 4.79 Å². The molecular weight excluding hydrogens is 228 g/mol. The van der Waals surface area contributed by atoms with E-state index < -0.39 is 0 Å². The Hall–Kier alpha value is -1.49. The highest BCUT2D eigenvalue weighted by atomic mass is 16.1. The summed E-state index contributed by atoms with van der Waals surface area (Å²) in [5, 5.41) is 2.92. The Morgan fingerprint density at radius 1 is 1.56 bits per heavy atom. The van der Waals surface area contributed by atoms with Crippen LogP contribution in [0.15, 0.2) is 12.3 Å². The molecule has 0 aromatic carbocycles. The number of likely N-dealkylation sites (N-methyl/N-ethyl adjacent to an activating group) is 1. The van der Waals surface area contributed by atoms with Gasteiger partial charge in [-0.15, -0.1) is 0 Å². The number of carbonyl (C=O) groups excluding carboxylic acids is 1. The lowest BCUT2D eigenvalue weighted by Gasteiger charge is -2.15. The first-order chi connectivity index (χ1) is 8.45. The number of nitrogen functional groups attached to an aromatic ring is 1. The number of nitrogens with zero attached hydrogens (tertiary/aromatic N) is 2. The van der Waals surface area contributed by atoms with Gasteiger partial charge in [-0.05, 0) is 33.5 Å². The Morgan fingerprint density at radius 2 is 2.22 bits per heavy atom. The lowest BCUT2D eigenvalue weighted by Crippen LogP contribution is -2.33. The fourth-order valence-electron chi connectivity index (χ4n) is 1.72. The second-order valence-corrected chi connectivity index (χ2v) is 4.81. The monoisotopic (exact) mass is 252 g/mol. The lowest BCUT2D eigenvalue weighted by molar-refractivity contribution is 0.0939. The fourth-order valence-corrected chi connectivity index (χ4v) is 1.72. The van der Waals surface area contributed by atoms with Gasteiger partial charge in [-0.25, -0.2) is 0 Å². The van der Waals surface area contributed by atoms with Crippen molar-refractivity contribution in [1.29, 1.82) is 0 Å². The number of nitrogens with two attached hydrogens (primary N) is 1. The maximum atomic E-state index is 12.0. The maximum Gasteiger partial charge on any atom is 0.268 e. The van der Waals surface area contributed by atoms with Gasteiger partial charge < -0.3 is 20.5 Å². The SMILES string of the molecule is CCN(C)CCNC(=O)c1cc(N)cn1C(C)C. The van der Waals surface area contributed by atoms with Crippen molar-refractivity contribution < 1.29 is 4.79 Å². The van der Waals surface area contributed by atoms with Gasteiger partial charge in [0.1, 0.15) is 5.69 Å². The van der Waals surface area contributed by atoms with Crippen molar-refractivity contribution in [2.75, 3.05) is 32.4 Å². The summed E-state index contributed by atoms with van der Waals surface area (Å²) in [4.78, 5) is 14.2. The Labute approximate surface area is 109 Å². The zero-order valence-electron chi connectivity index (χ0n) is 11.7. The summed E-state index contributed by atoms with van der Waals surface area (Å²) in [6.07, 6.45) is 1.80. The molecule has 18 heavy (non-hydrogen) atoms. The number of hydrogen-bond acceptors (Lipinski definition) is 3. The van der Waals surface area contributed by atoms with E-state index in [0.717, 1.165) is 13.1 Å². The number of nitrogens with one attached hydrogen (secondary N) is 1. The predicted octanol–water partition coefficient (Wildman–Crippen LogP) is 1.33. The molecule has 0 aliphatic rings. The molecule has 0 spiro atoms. The average Bonchev–Trinajstić information content (AvgIpc) is 2.71. The van der Waals surface area contributed by atoms with E-state index in [4.69, 9.17) is 5.73 Å². The number of rotatable bonds is 6. The average molecular weight is 252 g/mol. The largest absolute Gasteiger partial charge is 0.397 e. The third-order valence-corrected chi connectivity index (χ3v) is 2.98. The van der Waals surface area contributed by atoms with Crippen LogP contribution in [0.25, 0.3) is 0 Å². The highest BCUT2D eigenvalue weighted by Gasteiger charge is 2.14. The van der Waals surface area contributed by atoms with Crippen molar-refractivity contribution in [1.82, 2.24) is 14.8 Å². The highest BCUT2D eigenvalue weighted by molar-refractivity contribution is 5.93. The molecule has 0 bridgehead atoms. The number of amides is 1. The number of aromatic nitrogens is 1. The predicted molar refractivity (Wildman–Crippen MR) is 74.7 cm³/mol. The molecule has 1 heterocycles. The quantitative estimate of drug-likeness (QED) is 0.803. The van der Waals surface area contributed by atoms with Crippen molar-refractivity contribution in [3.63, 3.8) is 0 Å². The minimum Gasteiger partial charge on any atom is -0.397 e. The normalized spacial score (nSPS) is 11.2. The van der Waals surface area contributed by atoms with Gasteiger partial charge in [-0.2, -0.15) is 0 Å². The van der Waals surface area contributed by atoms with Crippen molar-refractivity contribution in [2.24, 2.45) is 0 Å². The molecule has 1 aromatic heterocycles. The second kappa shape index (κ2) is 6.44. The molecular formula is C13H24N4O. The van der Waals surface area contributed by atoms with E-state index in [2.05, 4.69) is 17.1 Å². The van der Waals surface area contributed by atoms with Gasteiger partial charge in [0.15, 0.2) is 0 Å². The van der Waals surface area contributed by atoms with Crippen LogP contribution in [-0.2, 0) is 0 Å². The van der Waals surface area contributed by atoms with Gasteiger partial charge in [0.05, 0.1) is 5.69 Å². The van der Waals surface area contributed by atoms with E-state index in [1.165, 1.54) is 0 Å². The molecule has 1 aromatic rings. The summed E-state index contributed by atoms with van der Waals surface area (Å²) in [5.74, 6) is -0.0649. The van der Waals surface area contributed by atoms with Crippen LogP contribution in [0.4, 0.5) is 5.69 Å². The van der Waals surface area contributed by atoms with Crippen LogP contribution in [0.2, 0.25) is 0 Å². The molecule has 0 aliphatic carbocycles. The van der Waals surface area contributed by atoms with Gasteiger partial charge in [-0.3, -0.25) is 4.79 Å². The number of carbonyl (C=O) groups is 1. The summed E-state index contributed by atoms with van der Waals surface area (Å²) >= 11 is 0. The molecule has 5 nitrogen and oxygen atoms in total. The molecule has 0 unspecified atom stereocenters. The maximum absolute atomic E-state index is 12.0. The first kappa shape index (κ1) is 14.6. The summed E-state index contributed by atoms with van der Waals surface area (Å²) in [6, 6.07) is 1.94. The zero-order chi connectivity index (χ0) is 13.7. The molecule has 0 saturated heterocycles. The number of anilines is 1. The molecule has 0 fully saturated rings. The van der Waals surface area contributed by atoms with E-state index in [-0.39, 0.29) is 11.9 Å². The van der Waals surface area contributed by atoms with Gasteiger partial charge >= 0.3 is 0 Å². The minimum atomic E-state index is -0.0649. The summed E-state index contributed by atoms with van der Waals surface area (Å²) in [5.41, 5.74) is 7.00. The third kappa shape index (κ3) is 3.77. The van der Waals surface area contributed by atoms with Gasteiger partial charge in [0.25, 0.3) is 5.91 Å². The van der Waals surface area contributed by atoms with Gasteiger partial charge in [0.2, 0.25) is 0 Å². The van der Waals surface area contributed by atoms with Crippen molar-refractivity contribution in [3.8, 4) is 0 Å². The van der Waals surface area contributed by atoms with E-state index in [0.29, 0.717) is 17.9 Å². The van der Waals surface area contributed by atoms with Gasteiger partial charge in [-0.1, -0.05) is 6.92 Å². The molecule has 0 atom stereocenters. The Kier molecular flexibility index (Phi) is 5.22. The smallest absolute Gasteiger partial charge is 0.268 e. The first-order valence-corrected chi connectivity index (χ1v) is 6.39. The molecule has 1 amide bonds. The van der Waals surface area contributed by atoms with Crippen molar-refractivity contribution in [3.05, 3.63) is 18.0 Å². The summed E-state index contributed by atoms with van der Waals surface area (Å²) in [7, 11) is 2.03. The van der Waals surface area contributed by atoms with Crippen LogP contribution < -0.4 is 11.1 Å². The first-order valence-electron chi connectivity index (χ1n) is 6.39. The van der Waals surface area contributed by atoms with E-state index in [1.807, 2.05) is 25.5 Å². The minimum absolute atomic E-state index is 0.0649. The van der Waals surface area contributed by atoms with Crippen LogP contribution in [0.3, 0.4) is 0 Å². The van der Waals surface area contributed by atoms with E-state index >= 15 is 0 Å². The Balaban J connectivity index is 2.61. The third-order valence-electron chi connectivity index (χ3n) is 2.98. The van der Waals surface area contributed by atoms with Crippen molar-refractivity contribution in [2.45, 2.75) is 26.8 Å².